The number of Topliss-reactive ketones (excluding diaryl/α,β-unsaturated/α-hetero) is 1. The predicted octanol–water partition coefficient (Wildman–Crippen LogP) is 4.59. The number of pyridine rings is 1. The number of nitrogens with zero attached hydrogens (tertiary/aromatic N) is 2. The molecule has 1 atom stereocenters. The average Bonchev–Trinajstić information content (AvgIpc) is 3.09. The van der Waals surface area contributed by atoms with Gasteiger partial charge < -0.3 is 19.8 Å². The van der Waals surface area contributed by atoms with Gasteiger partial charge in [-0.15, -0.1) is 0 Å². The zero-order valence-electron chi connectivity index (χ0n) is 18.8. The van der Waals surface area contributed by atoms with Crippen molar-refractivity contribution in [3.63, 3.8) is 0 Å². The fourth-order valence-electron chi connectivity index (χ4n) is 3.99. The molecule has 1 amide bonds. The number of ether oxygens (including phenoxy) is 1. The van der Waals surface area contributed by atoms with Crippen molar-refractivity contribution < 1.29 is 24.5 Å². The van der Waals surface area contributed by atoms with Gasteiger partial charge in [0.15, 0.2) is 0 Å². The number of hydrogen-bond acceptors (Lipinski definition) is 6. The van der Waals surface area contributed by atoms with E-state index >= 15 is 0 Å². The molecule has 0 radical (unpaired) electrons. The molecule has 4 rings (SSSR count). The maximum atomic E-state index is 13.2. The molecule has 2 N–H and O–H groups in total. The van der Waals surface area contributed by atoms with Gasteiger partial charge in [-0.2, -0.15) is 0 Å². The first-order valence-electron chi connectivity index (χ1n) is 11.2. The summed E-state index contributed by atoms with van der Waals surface area (Å²) in [5.41, 5.74) is 1.65. The molecule has 34 heavy (non-hydrogen) atoms. The monoisotopic (exact) mass is 458 g/mol. The van der Waals surface area contributed by atoms with Gasteiger partial charge in [0, 0.05) is 24.5 Å². The van der Waals surface area contributed by atoms with Crippen LogP contribution in [0, 0.1) is 0 Å². The van der Waals surface area contributed by atoms with E-state index in [1.807, 2.05) is 0 Å². The third-order valence-corrected chi connectivity index (χ3v) is 5.70. The Balaban J connectivity index is 1.79. The Labute approximate surface area is 198 Å². The molecule has 0 unspecified atom stereocenters. The molecule has 3 aromatic rings. The minimum atomic E-state index is -0.870. The van der Waals surface area contributed by atoms with E-state index < -0.39 is 17.7 Å². The van der Waals surface area contributed by atoms with Crippen molar-refractivity contribution in [2.75, 3.05) is 6.61 Å². The van der Waals surface area contributed by atoms with Gasteiger partial charge in [-0.1, -0.05) is 37.6 Å². The predicted molar refractivity (Wildman–Crippen MR) is 127 cm³/mol. The Bertz CT molecular complexity index is 1220. The van der Waals surface area contributed by atoms with Crippen LogP contribution in [0.5, 0.6) is 11.5 Å². The first kappa shape index (κ1) is 23.0. The van der Waals surface area contributed by atoms with Crippen molar-refractivity contribution in [1.29, 1.82) is 0 Å². The van der Waals surface area contributed by atoms with E-state index in [0.717, 1.165) is 18.4 Å². The van der Waals surface area contributed by atoms with Crippen molar-refractivity contribution in [2.24, 2.45) is 0 Å². The molecule has 1 aliphatic rings. The van der Waals surface area contributed by atoms with Crippen LogP contribution in [0.15, 0.2) is 78.6 Å². The van der Waals surface area contributed by atoms with Gasteiger partial charge in [-0.25, -0.2) is 0 Å². The number of benzene rings is 2. The molecule has 2 aromatic carbocycles. The molecule has 0 saturated carbocycles. The molecule has 1 saturated heterocycles. The number of carbonyl (C=O) groups is 2. The number of unbranched alkanes of at least 4 members (excludes halogenated alkanes) is 1. The second kappa shape index (κ2) is 10.2. The van der Waals surface area contributed by atoms with Crippen LogP contribution in [-0.2, 0) is 16.1 Å². The highest BCUT2D eigenvalue weighted by Gasteiger charge is 2.46. The van der Waals surface area contributed by atoms with E-state index in [4.69, 9.17) is 4.74 Å². The number of carbonyl (C=O) groups excluding carboxylic acids is 2. The van der Waals surface area contributed by atoms with Gasteiger partial charge in [-0.3, -0.25) is 14.6 Å². The summed E-state index contributed by atoms with van der Waals surface area (Å²) in [6, 6.07) is 15.8. The van der Waals surface area contributed by atoms with Gasteiger partial charge >= 0.3 is 0 Å². The van der Waals surface area contributed by atoms with Crippen molar-refractivity contribution in [1.82, 2.24) is 9.88 Å². The number of aliphatic hydroxyl groups is 1. The Kier molecular flexibility index (Phi) is 6.92. The maximum absolute atomic E-state index is 13.2. The molecular weight excluding hydrogens is 432 g/mol. The van der Waals surface area contributed by atoms with Gasteiger partial charge in [0.2, 0.25) is 0 Å². The molecule has 7 nitrogen and oxygen atoms in total. The van der Waals surface area contributed by atoms with Crippen molar-refractivity contribution in [3.05, 3.63) is 95.3 Å². The summed E-state index contributed by atoms with van der Waals surface area (Å²) < 4.78 is 5.74. The van der Waals surface area contributed by atoms with Crippen LogP contribution in [0.1, 0.15) is 42.5 Å². The molecule has 174 valence electrons. The maximum Gasteiger partial charge on any atom is 0.295 e. The largest absolute Gasteiger partial charge is 0.508 e. The van der Waals surface area contributed by atoms with Crippen LogP contribution in [-0.4, -0.2) is 38.4 Å². The summed E-state index contributed by atoms with van der Waals surface area (Å²) in [6.07, 6.45) is 5.11. The first-order chi connectivity index (χ1) is 16.5. The quantitative estimate of drug-likeness (QED) is 0.222. The highest BCUT2D eigenvalue weighted by molar-refractivity contribution is 6.46. The number of hydrogen-bond donors (Lipinski definition) is 2. The number of aromatic nitrogens is 1. The molecule has 2 heterocycles. The SMILES string of the molecule is CCCCOc1cccc(C(O)=C2C(=O)C(=O)N(Cc3ccncc3)[C@@H]2c2cccc(O)c2)c1. The third kappa shape index (κ3) is 4.78. The van der Waals surface area contributed by atoms with E-state index in [1.165, 1.54) is 17.0 Å². The Morgan fingerprint density at radius 2 is 1.82 bits per heavy atom. The number of phenols is 1. The highest BCUT2D eigenvalue weighted by Crippen LogP contribution is 2.41. The number of ketones is 1. The van der Waals surface area contributed by atoms with Gasteiger partial charge in [0.25, 0.3) is 11.7 Å². The lowest BCUT2D eigenvalue weighted by Crippen LogP contribution is -2.29. The zero-order valence-corrected chi connectivity index (χ0v) is 18.8. The Morgan fingerprint density at radius 3 is 2.56 bits per heavy atom. The summed E-state index contributed by atoms with van der Waals surface area (Å²) in [6.45, 7) is 2.75. The first-order valence-corrected chi connectivity index (χ1v) is 11.2. The van der Waals surface area contributed by atoms with Gasteiger partial charge in [-0.05, 0) is 53.9 Å². The minimum Gasteiger partial charge on any atom is -0.508 e. The van der Waals surface area contributed by atoms with Crippen LogP contribution in [0.2, 0.25) is 0 Å². The van der Waals surface area contributed by atoms with Crippen LogP contribution >= 0.6 is 0 Å². The number of aromatic hydroxyl groups is 1. The Morgan fingerprint density at radius 1 is 1.06 bits per heavy atom. The number of phenolic OH excluding ortho intramolecular Hbond substituents is 1. The third-order valence-electron chi connectivity index (χ3n) is 5.70. The number of likely N-dealkylation sites (tertiary alicyclic amines) is 1. The molecule has 1 aliphatic heterocycles. The minimum absolute atomic E-state index is 0.00156. The molecule has 0 bridgehead atoms. The van der Waals surface area contributed by atoms with Crippen LogP contribution in [0.4, 0.5) is 0 Å². The summed E-state index contributed by atoms with van der Waals surface area (Å²) in [5.74, 6) is -1.22. The standard InChI is InChI=1S/C27H26N2O5/c1-2-3-14-34-22-9-5-7-20(16-22)25(31)23-24(19-6-4-8-21(30)15-19)29(27(33)26(23)32)17-18-10-12-28-13-11-18/h4-13,15-16,24,30-31H,2-3,14,17H2,1H3/t24-/m1/s1. The molecule has 1 aromatic heterocycles. The van der Waals surface area contributed by atoms with Gasteiger partial charge in [0.1, 0.15) is 17.3 Å². The van der Waals surface area contributed by atoms with Crippen molar-refractivity contribution in [2.45, 2.75) is 32.4 Å². The molecule has 0 aliphatic carbocycles. The van der Waals surface area contributed by atoms with Crippen LogP contribution in [0.25, 0.3) is 5.76 Å². The van der Waals surface area contributed by atoms with E-state index in [0.29, 0.717) is 23.5 Å². The molecule has 0 spiro atoms. The van der Waals surface area contributed by atoms with Crippen molar-refractivity contribution >= 4 is 17.4 Å². The number of aliphatic hydroxyl groups excluding tert-OH is 1. The van der Waals surface area contributed by atoms with E-state index in [1.54, 1.807) is 60.9 Å². The summed E-state index contributed by atoms with van der Waals surface area (Å²) in [5, 5.41) is 21.3. The number of rotatable bonds is 8. The van der Waals surface area contributed by atoms with Gasteiger partial charge in [0.05, 0.1) is 18.2 Å². The molecule has 1 fully saturated rings. The fourth-order valence-corrected chi connectivity index (χ4v) is 3.99. The summed E-state index contributed by atoms with van der Waals surface area (Å²) in [4.78, 5) is 31.7. The lowest BCUT2D eigenvalue weighted by molar-refractivity contribution is -0.140. The second-order valence-corrected chi connectivity index (χ2v) is 8.11. The second-order valence-electron chi connectivity index (χ2n) is 8.11. The Hall–Kier alpha value is -4.13. The van der Waals surface area contributed by atoms with E-state index in [2.05, 4.69) is 11.9 Å². The van der Waals surface area contributed by atoms with Crippen LogP contribution in [0.3, 0.4) is 0 Å². The van der Waals surface area contributed by atoms with Crippen molar-refractivity contribution in [3.8, 4) is 11.5 Å². The zero-order chi connectivity index (χ0) is 24.1. The average molecular weight is 459 g/mol. The lowest BCUT2D eigenvalue weighted by Gasteiger charge is -2.25. The summed E-state index contributed by atoms with van der Waals surface area (Å²) in [7, 11) is 0. The van der Waals surface area contributed by atoms with Crippen LogP contribution < -0.4 is 4.74 Å². The lowest BCUT2D eigenvalue weighted by atomic mass is 9.95. The molecule has 7 heteroatoms. The van der Waals surface area contributed by atoms with E-state index in [9.17, 15) is 19.8 Å². The highest BCUT2D eigenvalue weighted by atomic mass is 16.5. The number of amides is 1. The summed E-state index contributed by atoms with van der Waals surface area (Å²) >= 11 is 0. The smallest absolute Gasteiger partial charge is 0.295 e. The molecular formula is C27H26N2O5. The normalized spacial score (nSPS) is 17.2. The fraction of sp³-hybridized carbons (Fsp3) is 0.222. The van der Waals surface area contributed by atoms with E-state index in [-0.39, 0.29) is 23.6 Å². The topological polar surface area (TPSA) is 100.0 Å².